The van der Waals surface area contributed by atoms with Crippen molar-refractivity contribution in [3.05, 3.63) is 59.2 Å². The van der Waals surface area contributed by atoms with E-state index in [0.29, 0.717) is 12.1 Å². The van der Waals surface area contributed by atoms with E-state index in [0.717, 1.165) is 0 Å². The molecule has 0 radical (unpaired) electrons. The van der Waals surface area contributed by atoms with E-state index in [4.69, 9.17) is 10.00 Å². The van der Waals surface area contributed by atoms with Gasteiger partial charge in [-0.2, -0.15) is 31.6 Å². The van der Waals surface area contributed by atoms with Crippen LogP contribution in [0.15, 0.2) is 42.5 Å². The topological polar surface area (TPSA) is 62.1 Å². The second-order valence-corrected chi connectivity index (χ2v) is 5.27. The van der Waals surface area contributed by atoms with E-state index >= 15 is 0 Å². The van der Waals surface area contributed by atoms with Gasteiger partial charge in [0.05, 0.1) is 22.8 Å². The summed E-state index contributed by atoms with van der Waals surface area (Å²) in [5.74, 6) is -1.57. The summed E-state index contributed by atoms with van der Waals surface area (Å²) in [6, 6.07) is 8.30. The van der Waals surface area contributed by atoms with Crippen LogP contribution >= 0.6 is 0 Å². The Morgan fingerprint density at radius 1 is 1.00 bits per heavy atom. The average molecular weight is 388 g/mol. The number of ether oxygens (including phenoxy) is 1. The first-order chi connectivity index (χ1) is 12.5. The highest BCUT2D eigenvalue weighted by Gasteiger charge is 2.37. The van der Waals surface area contributed by atoms with Crippen LogP contribution in [0.2, 0.25) is 0 Å². The van der Waals surface area contributed by atoms with E-state index in [-0.39, 0.29) is 17.3 Å². The van der Waals surface area contributed by atoms with E-state index in [9.17, 15) is 31.1 Å². The molecule has 0 unspecified atom stereocenters. The molecular weight excluding hydrogens is 378 g/mol. The molecule has 0 aliphatic heterocycles. The Morgan fingerprint density at radius 3 is 2.11 bits per heavy atom. The molecule has 2 rings (SSSR count). The van der Waals surface area contributed by atoms with E-state index < -0.39 is 41.7 Å². The molecule has 0 heterocycles. The van der Waals surface area contributed by atoms with Gasteiger partial charge >= 0.3 is 12.4 Å². The molecule has 2 aromatic rings. The van der Waals surface area contributed by atoms with Crippen molar-refractivity contribution in [3.63, 3.8) is 0 Å². The predicted molar refractivity (Wildman–Crippen MR) is 81.7 cm³/mol. The molecule has 0 saturated heterocycles. The van der Waals surface area contributed by atoms with Crippen molar-refractivity contribution >= 4 is 11.6 Å². The van der Waals surface area contributed by atoms with E-state index in [1.807, 2.05) is 6.07 Å². The number of hydrogen-bond donors (Lipinski definition) is 1. The van der Waals surface area contributed by atoms with Crippen LogP contribution in [0.5, 0.6) is 5.75 Å². The fraction of sp³-hybridized carbons (Fsp3) is 0.176. The predicted octanol–water partition coefficient (Wildman–Crippen LogP) is 4.61. The van der Waals surface area contributed by atoms with E-state index in [2.05, 4.69) is 5.32 Å². The summed E-state index contributed by atoms with van der Waals surface area (Å²) in [7, 11) is 0. The van der Waals surface area contributed by atoms with Crippen LogP contribution in [0.4, 0.5) is 32.0 Å². The summed E-state index contributed by atoms with van der Waals surface area (Å²) in [4.78, 5) is 11.8. The lowest BCUT2D eigenvalue weighted by Gasteiger charge is -2.14. The Morgan fingerprint density at radius 2 is 1.59 bits per heavy atom. The SMILES string of the molecule is N#Cc1cccc(NC(=O)COc2cc(C(F)(F)F)cc(C(F)(F)F)c2)c1. The molecule has 0 spiro atoms. The fourth-order valence-corrected chi connectivity index (χ4v) is 2.02. The number of carbonyl (C=O) groups excluding carboxylic acids is 1. The van der Waals surface area contributed by atoms with Crippen molar-refractivity contribution in [2.45, 2.75) is 12.4 Å². The summed E-state index contributed by atoms with van der Waals surface area (Å²) in [5, 5.41) is 11.1. The molecule has 4 nitrogen and oxygen atoms in total. The Balaban J connectivity index is 2.14. The third kappa shape index (κ3) is 5.64. The summed E-state index contributed by atoms with van der Waals surface area (Å²) in [6.45, 7) is -0.824. The third-order valence-corrected chi connectivity index (χ3v) is 3.21. The number of rotatable bonds is 4. The maximum Gasteiger partial charge on any atom is 0.416 e. The molecular formula is C17H10F6N2O2. The number of carbonyl (C=O) groups is 1. The molecule has 142 valence electrons. The van der Waals surface area contributed by atoms with Crippen LogP contribution in [0.1, 0.15) is 16.7 Å². The number of amides is 1. The molecule has 0 bridgehead atoms. The second kappa shape index (κ2) is 7.57. The highest BCUT2D eigenvalue weighted by molar-refractivity contribution is 5.92. The fourth-order valence-electron chi connectivity index (χ4n) is 2.02. The number of anilines is 1. The standard InChI is InChI=1S/C17H10F6N2O2/c18-16(19,20)11-5-12(17(21,22)23)7-14(6-11)27-9-15(26)25-13-3-1-2-10(4-13)8-24/h1-7H,9H2,(H,25,26). The lowest BCUT2D eigenvalue weighted by atomic mass is 10.1. The van der Waals surface area contributed by atoms with Gasteiger partial charge in [-0.25, -0.2) is 0 Å². The summed E-state index contributed by atoms with van der Waals surface area (Å²) < 4.78 is 81.4. The minimum absolute atomic E-state index is 0.0414. The van der Waals surface area contributed by atoms with Crippen LogP contribution in [0.3, 0.4) is 0 Å². The lowest BCUT2D eigenvalue weighted by Crippen LogP contribution is -2.20. The first kappa shape index (κ1) is 20.1. The summed E-state index contributed by atoms with van der Waals surface area (Å²) in [6.07, 6.45) is -10.0. The van der Waals surface area contributed by atoms with Crippen LogP contribution < -0.4 is 10.1 Å². The number of hydrogen-bond acceptors (Lipinski definition) is 3. The molecule has 0 atom stereocenters. The van der Waals surface area contributed by atoms with Crippen LogP contribution in [0, 0.1) is 11.3 Å². The Hall–Kier alpha value is -3.22. The minimum atomic E-state index is -5.01. The molecule has 2 aromatic carbocycles. The zero-order chi connectivity index (χ0) is 20.2. The molecule has 0 aromatic heterocycles. The molecule has 27 heavy (non-hydrogen) atoms. The Labute approximate surface area is 149 Å². The third-order valence-electron chi connectivity index (χ3n) is 3.21. The van der Waals surface area contributed by atoms with Gasteiger partial charge in [0.25, 0.3) is 5.91 Å². The van der Waals surface area contributed by atoms with Gasteiger partial charge in [0.2, 0.25) is 0 Å². The summed E-state index contributed by atoms with van der Waals surface area (Å²) >= 11 is 0. The Bertz CT molecular complexity index is 852. The highest BCUT2D eigenvalue weighted by Crippen LogP contribution is 2.38. The molecule has 0 aliphatic rings. The first-order valence-electron chi connectivity index (χ1n) is 7.21. The summed E-state index contributed by atoms with van der Waals surface area (Å²) in [5.41, 5.74) is -2.62. The average Bonchev–Trinajstić information content (AvgIpc) is 2.58. The maximum absolute atomic E-state index is 12.8. The zero-order valence-electron chi connectivity index (χ0n) is 13.3. The molecule has 0 aliphatic carbocycles. The van der Waals surface area contributed by atoms with Crippen LogP contribution in [-0.2, 0) is 17.1 Å². The molecule has 1 N–H and O–H groups in total. The Kier molecular flexibility index (Phi) is 5.64. The largest absolute Gasteiger partial charge is 0.484 e. The van der Waals surface area contributed by atoms with Gasteiger partial charge in [-0.3, -0.25) is 4.79 Å². The zero-order valence-corrected chi connectivity index (χ0v) is 13.3. The number of nitriles is 1. The number of halogens is 6. The molecule has 0 saturated carbocycles. The molecule has 10 heteroatoms. The number of benzene rings is 2. The number of alkyl halides is 6. The van der Waals surface area contributed by atoms with Crippen LogP contribution in [-0.4, -0.2) is 12.5 Å². The van der Waals surface area contributed by atoms with Gasteiger partial charge in [0.1, 0.15) is 5.75 Å². The quantitative estimate of drug-likeness (QED) is 0.778. The number of nitrogens with zero attached hydrogens (tertiary/aromatic N) is 1. The van der Waals surface area contributed by atoms with E-state index in [1.165, 1.54) is 24.3 Å². The normalized spacial score (nSPS) is 11.6. The monoisotopic (exact) mass is 388 g/mol. The minimum Gasteiger partial charge on any atom is -0.484 e. The second-order valence-electron chi connectivity index (χ2n) is 5.27. The van der Waals surface area contributed by atoms with Crippen molar-refractivity contribution in [3.8, 4) is 11.8 Å². The lowest BCUT2D eigenvalue weighted by molar-refractivity contribution is -0.143. The molecule has 1 amide bonds. The van der Waals surface area contributed by atoms with Crippen molar-refractivity contribution in [1.29, 1.82) is 5.26 Å². The first-order valence-corrected chi connectivity index (χ1v) is 7.21. The van der Waals surface area contributed by atoms with Gasteiger partial charge in [0.15, 0.2) is 6.61 Å². The number of nitrogens with one attached hydrogen (secondary N) is 1. The van der Waals surface area contributed by atoms with Gasteiger partial charge in [-0.05, 0) is 36.4 Å². The van der Waals surface area contributed by atoms with E-state index in [1.54, 1.807) is 0 Å². The van der Waals surface area contributed by atoms with Crippen molar-refractivity contribution < 1.29 is 35.9 Å². The van der Waals surface area contributed by atoms with Gasteiger partial charge in [-0.15, -0.1) is 0 Å². The van der Waals surface area contributed by atoms with Gasteiger partial charge in [0, 0.05) is 5.69 Å². The smallest absolute Gasteiger partial charge is 0.416 e. The van der Waals surface area contributed by atoms with Gasteiger partial charge in [-0.1, -0.05) is 6.07 Å². The van der Waals surface area contributed by atoms with Crippen molar-refractivity contribution in [2.24, 2.45) is 0 Å². The van der Waals surface area contributed by atoms with Gasteiger partial charge < -0.3 is 10.1 Å². The maximum atomic E-state index is 12.8. The highest BCUT2D eigenvalue weighted by atomic mass is 19.4. The molecule has 0 fully saturated rings. The van der Waals surface area contributed by atoms with Crippen molar-refractivity contribution in [1.82, 2.24) is 0 Å². The van der Waals surface area contributed by atoms with Crippen molar-refractivity contribution in [2.75, 3.05) is 11.9 Å². The van der Waals surface area contributed by atoms with Crippen LogP contribution in [0.25, 0.3) is 0 Å².